The Morgan fingerprint density at radius 2 is 2.32 bits per heavy atom. The SMILES string of the molecule is CCCc1c(NN)ncnc1N1CCOC(CC)C1. The largest absolute Gasteiger partial charge is 0.375 e. The van der Waals surface area contributed by atoms with Crippen molar-refractivity contribution in [1.29, 1.82) is 0 Å². The Balaban J connectivity index is 2.27. The smallest absolute Gasteiger partial charge is 0.148 e. The highest BCUT2D eigenvalue weighted by Gasteiger charge is 2.23. The van der Waals surface area contributed by atoms with Crippen LogP contribution < -0.4 is 16.2 Å². The molecule has 0 radical (unpaired) electrons. The molecule has 0 saturated carbocycles. The average molecular weight is 265 g/mol. The first-order valence-corrected chi connectivity index (χ1v) is 6.97. The Hall–Kier alpha value is -1.40. The fourth-order valence-corrected chi connectivity index (χ4v) is 2.44. The number of nitrogens with two attached hydrogens (primary N) is 1. The van der Waals surface area contributed by atoms with Gasteiger partial charge in [0.15, 0.2) is 0 Å². The molecule has 1 aromatic rings. The zero-order valence-corrected chi connectivity index (χ0v) is 11.7. The van der Waals surface area contributed by atoms with E-state index >= 15 is 0 Å². The summed E-state index contributed by atoms with van der Waals surface area (Å²) in [5.74, 6) is 7.27. The number of hydrogen-bond acceptors (Lipinski definition) is 6. The molecule has 2 heterocycles. The van der Waals surface area contributed by atoms with Gasteiger partial charge in [-0.1, -0.05) is 20.3 Å². The highest BCUT2D eigenvalue weighted by molar-refractivity contribution is 5.58. The second-order valence-corrected chi connectivity index (χ2v) is 4.77. The van der Waals surface area contributed by atoms with E-state index in [0.717, 1.165) is 56.2 Å². The average Bonchev–Trinajstić information content (AvgIpc) is 2.48. The molecule has 1 unspecified atom stereocenters. The van der Waals surface area contributed by atoms with Crippen LogP contribution in [0.4, 0.5) is 11.6 Å². The molecule has 1 aromatic heterocycles. The van der Waals surface area contributed by atoms with Crippen LogP contribution in [0.2, 0.25) is 0 Å². The number of nitrogens with one attached hydrogen (secondary N) is 1. The van der Waals surface area contributed by atoms with E-state index in [4.69, 9.17) is 10.6 Å². The monoisotopic (exact) mass is 265 g/mol. The van der Waals surface area contributed by atoms with Gasteiger partial charge in [-0.2, -0.15) is 0 Å². The molecule has 0 aliphatic carbocycles. The lowest BCUT2D eigenvalue weighted by atomic mass is 10.1. The quantitative estimate of drug-likeness (QED) is 0.618. The standard InChI is InChI=1S/C13H23N5O/c1-3-5-11-12(17-14)15-9-16-13(11)18-6-7-19-10(4-2)8-18/h9-10H,3-8,14H2,1-2H3,(H,15,16,17). The fraction of sp³-hybridized carbons (Fsp3) is 0.692. The van der Waals surface area contributed by atoms with Crippen LogP contribution >= 0.6 is 0 Å². The molecule has 1 aliphatic heterocycles. The van der Waals surface area contributed by atoms with E-state index in [1.54, 1.807) is 6.33 Å². The summed E-state index contributed by atoms with van der Waals surface area (Å²) in [7, 11) is 0. The van der Waals surface area contributed by atoms with Crippen LogP contribution in [0.25, 0.3) is 0 Å². The van der Waals surface area contributed by atoms with E-state index < -0.39 is 0 Å². The molecule has 3 N–H and O–H groups in total. The number of aromatic nitrogens is 2. The van der Waals surface area contributed by atoms with Crippen molar-refractivity contribution in [3.8, 4) is 0 Å². The van der Waals surface area contributed by atoms with Crippen molar-refractivity contribution in [2.75, 3.05) is 30.0 Å². The zero-order valence-electron chi connectivity index (χ0n) is 11.7. The molecule has 1 fully saturated rings. The molecule has 1 saturated heterocycles. The van der Waals surface area contributed by atoms with E-state index in [1.807, 2.05) is 0 Å². The number of anilines is 2. The van der Waals surface area contributed by atoms with Gasteiger partial charge in [-0.25, -0.2) is 15.8 Å². The van der Waals surface area contributed by atoms with Crippen molar-refractivity contribution in [2.24, 2.45) is 5.84 Å². The number of ether oxygens (including phenoxy) is 1. The van der Waals surface area contributed by atoms with Crippen LogP contribution in [0.1, 0.15) is 32.3 Å². The second-order valence-electron chi connectivity index (χ2n) is 4.77. The Morgan fingerprint density at radius 1 is 1.47 bits per heavy atom. The third kappa shape index (κ3) is 3.13. The van der Waals surface area contributed by atoms with Gasteiger partial charge >= 0.3 is 0 Å². The second kappa shape index (κ2) is 6.68. The van der Waals surface area contributed by atoms with Crippen LogP contribution in [0.5, 0.6) is 0 Å². The number of nitrogens with zero attached hydrogens (tertiary/aromatic N) is 3. The molecule has 1 aliphatic rings. The molecule has 19 heavy (non-hydrogen) atoms. The van der Waals surface area contributed by atoms with Gasteiger partial charge in [0, 0.05) is 18.7 Å². The Kier molecular flexibility index (Phi) is 4.93. The van der Waals surface area contributed by atoms with Crippen molar-refractivity contribution in [1.82, 2.24) is 9.97 Å². The van der Waals surface area contributed by atoms with Crippen molar-refractivity contribution in [3.05, 3.63) is 11.9 Å². The number of nitrogen functional groups attached to an aromatic ring is 1. The predicted octanol–water partition coefficient (Wildman–Crippen LogP) is 1.33. The lowest BCUT2D eigenvalue weighted by Crippen LogP contribution is -2.43. The Bertz CT molecular complexity index is 412. The topological polar surface area (TPSA) is 76.3 Å². The van der Waals surface area contributed by atoms with Gasteiger partial charge in [0.25, 0.3) is 0 Å². The summed E-state index contributed by atoms with van der Waals surface area (Å²) in [5.41, 5.74) is 3.78. The first kappa shape index (κ1) is 14.0. The molecule has 6 heteroatoms. The van der Waals surface area contributed by atoms with E-state index in [0.29, 0.717) is 0 Å². The normalized spacial score (nSPS) is 19.5. The summed E-state index contributed by atoms with van der Waals surface area (Å²) in [4.78, 5) is 11.0. The van der Waals surface area contributed by atoms with Crippen molar-refractivity contribution < 1.29 is 4.74 Å². The van der Waals surface area contributed by atoms with Crippen LogP contribution in [0.3, 0.4) is 0 Å². The van der Waals surface area contributed by atoms with Gasteiger partial charge in [-0.15, -0.1) is 0 Å². The van der Waals surface area contributed by atoms with Crippen LogP contribution in [-0.4, -0.2) is 35.8 Å². The van der Waals surface area contributed by atoms with Gasteiger partial charge < -0.3 is 15.1 Å². The van der Waals surface area contributed by atoms with E-state index in [2.05, 4.69) is 34.1 Å². The van der Waals surface area contributed by atoms with Gasteiger partial charge in [0.05, 0.1) is 12.7 Å². The fourth-order valence-electron chi connectivity index (χ4n) is 2.44. The minimum atomic E-state index is 0.285. The third-order valence-electron chi connectivity index (χ3n) is 3.45. The lowest BCUT2D eigenvalue weighted by Gasteiger charge is -2.34. The van der Waals surface area contributed by atoms with Crippen molar-refractivity contribution in [3.63, 3.8) is 0 Å². The minimum Gasteiger partial charge on any atom is -0.375 e. The number of hydrogen-bond donors (Lipinski definition) is 2. The minimum absolute atomic E-state index is 0.285. The van der Waals surface area contributed by atoms with Gasteiger partial charge in [-0.05, 0) is 12.8 Å². The van der Waals surface area contributed by atoms with E-state index in [9.17, 15) is 0 Å². The zero-order chi connectivity index (χ0) is 13.7. The molecule has 0 bridgehead atoms. The van der Waals surface area contributed by atoms with Gasteiger partial charge in [-0.3, -0.25) is 0 Å². The van der Waals surface area contributed by atoms with E-state index in [-0.39, 0.29) is 6.10 Å². The molecule has 106 valence electrons. The third-order valence-corrected chi connectivity index (χ3v) is 3.45. The Morgan fingerprint density at radius 3 is 3.00 bits per heavy atom. The summed E-state index contributed by atoms with van der Waals surface area (Å²) < 4.78 is 5.71. The highest BCUT2D eigenvalue weighted by atomic mass is 16.5. The first-order valence-electron chi connectivity index (χ1n) is 6.97. The Labute approximate surface area is 114 Å². The molecule has 0 aromatic carbocycles. The van der Waals surface area contributed by atoms with Gasteiger partial charge in [0.1, 0.15) is 18.0 Å². The summed E-state index contributed by atoms with van der Waals surface area (Å²) in [6.07, 6.45) is 4.83. The van der Waals surface area contributed by atoms with Crippen LogP contribution in [0, 0.1) is 0 Å². The van der Waals surface area contributed by atoms with Gasteiger partial charge in [0.2, 0.25) is 0 Å². The molecular weight excluding hydrogens is 242 g/mol. The summed E-state index contributed by atoms with van der Waals surface area (Å²) in [6, 6.07) is 0. The summed E-state index contributed by atoms with van der Waals surface area (Å²) in [5, 5.41) is 0. The molecule has 6 nitrogen and oxygen atoms in total. The van der Waals surface area contributed by atoms with Crippen LogP contribution in [-0.2, 0) is 11.2 Å². The molecule has 0 spiro atoms. The number of hydrazine groups is 1. The number of morpholine rings is 1. The summed E-state index contributed by atoms with van der Waals surface area (Å²) >= 11 is 0. The number of rotatable bonds is 5. The molecule has 2 rings (SSSR count). The van der Waals surface area contributed by atoms with Crippen LogP contribution in [0.15, 0.2) is 6.33 Å². The van der Waals surface area contributed by atoms with Crippen molar-refractivity contribution in [2.45, 2.75) is 39.2 Å². The maximum Gasteiger partial charge on any atom is 0.148 e. The predicted molar refractivity (Wildman–Crippen MR) is 76.1 cm³/mol. The van der Waals surface area contributed by atoms with Crippen molar-refractivity contribution >= 4 is 11.6 Å². The molecule has 0 amide bonds. The maximum atomic E-state index is 5.71. The summed E-state index contributed by atoms with van der Waals surface area (Å²) in [6.45, 7) is 6.79. The first-order chi connectivity index (χ1) is 9.30. The molecule has 1 atom stereocenters. The molecular formula is C13H23N5O. The maximum absolute atomic E-state index is 5.71. The highest BCUT2D eigenvalue weighted by Crippen LogP contribution is 2.26. The van der Waals surface area contributed by atoms with E-state index in [1.165, 1.54) is 0 Å². The lowest BCUT2D eigenvalue weighted by molar-refractivity contribution is 0.0381.